The number of rotatable bonds is 24. The van der Waals surface area contributed by atoms with Crippen LogP contribution >= 0.6 is 11.8 Å². The van der Waals surface area contributed by atoms with E-state index in [1.165, 1.54) is 54.7 Å². The molecule has 1 heterocycles. The maximum Gasteiger partial charge on any atom is 0.269 e. The van der Waals surface area contributed by atoms with Crippen LogP contribution < -0.4 is 14.8 Å². The summed E-state index contributed by atoms with van der Waals surface area (Å²) in [7, 11) is -2.80. The molecule has 1 saturated carbocycles. The number of non-ortho nitro benzene ring substituents is 1. The zero-order valence-electron chi connectivity index (χ0n) is 38.4. The lowest BCUT2D eigenvalue weighted by atomic mass is 9.55. The van der Waals surface area contributed by atoms with Crippen LogP contribution in [0.2, 0.25) is 0 Å². The summed E-state index contributed by atoms with van der Waals surface area (Å²) >= 11 is 1.70. The number of thioether (sulfide) groups is 1. The fourth-order valence-electron chi connectivity index (χ4n) is 9.77. The average Bonchev–Trinajstić information content (AvgIpc) is 3.33. The molecule has 2 aliphatic carbocycles. The molecule has 0 spiro atoms. The number of aliphatic hydroxyl groups excluding tert-OH is 2. The van der Waals surface area contributed by atoms with Gasteiger partial charge in [-0.2, -0.15) is 4.31 Å². The number of allylic oxidation sites excluding steroid dienone is 1. The highest BCUT2D eigenvalue weighted by molar-refractivity contribution is 7.99. The molecule has 1 fully saturated rings. The third-order valence-electron chi connectivity index (χ3n) is 12.9. The van der Waals surface area contributed by atoms with Gasteiger partial charge in [0.25, 0.3) is 5.69 Å². The Morgan fingerprint density at radius 3 is 2.41 bits per heavy atom. The number of hydrogen-bond donors (Lipinski definition) is 3. The van der Waals surface area contributed by atoms with Crippen LogP contribution in [0.4, 0.5) is 11.4 Å². The second-order valence-corrected chi connectivity index (χ2v) is 20.4. The molecule has 0 radical (unpaired) electrons. The Morgan fingerprint density at radius 2 is 1.74 bits per heavy atom. The number of aliphatic hydroxyl groups is 2. The van der Waals surface area contributed by atoms with E-state index in [-0.39, 0.29) is 67.1 Å². The Labute approximate surface area is 402 Å². The van der Waals surface area contributed by atoms with E-state index in [1.807, 2.05) is 36.4 Å². The van der Waals surface area contributed by atoms with Gasteiger partial charge < -0.3 is 34.6 Å². The number of sulfonamides is 1. The predicted octanol–water partition coefficient (Wildman–Crippen LogP) is 8.88. The second-order valence-electron chi connectivity index (χ2n) is 17.2. The zero-order valence-corrected chi connectivity index (χ0v) is 40.0. The number of nitrogens with zero attached hydrogens (tertiary/aromatic N) is 3. The third kappa shape index (κ3) is 11.5. The molecule has 3 aliphatic rings. The van der Waals surface area contributed by atoms with Crippen LogP contribution in [0.3, 0.4) is 0 Å². The Hall–Kier alpha value is -5.56. The molecule has 17 heteroatoms. The Balaban J connectivity index is 1.37. The standard InChI is InChI=1S/C51H60N4O11S2/c1-4-28-64-51-48(54(3)68(61,62)42-23-18-38(19-24-42)52-35(2)58)33-46(53-65-34-36-16-20-39(21-17-36)55(59)60)44-31-37(12-8-10-26-56)43(15-9-11-27-57)49(50(44)51)45-32-40(22-25-47(45)66-51)63-29-30-67-41-13-6-5-7-14-41/h4-7,13-14,16-25,31-32,37,43,48-50,56-57H,1,8-12,15,26-30,33-34H2,2-3H3,(H,52,58)/t37-,43+,48-,49+,50+,51+/m0/s1. The number of anilines is 1. The summed E-state index contributed by atoms with van der Waals surface area (Å²) in [5.74, 6) is -1.16. The fourth-order valence-corrected chi connectivity index (χ4v) is 11.9. The van der Waals surface area contributed by atoms with Crippen molar-refractivity contribution in [2.24, 2.45) is 22.9 Å². The first-order valence-corrected chi connectivity index (χ1v) is 25.4. The van der Waals surface area contributed by atoms with Crippen LogP contribution in [0.25, 0.3) is 0 Å². The molecule has 15 nitrogen and oxygen atoms in total. The van der Waals surface area contributed by atoms with Gasteiger partial charge >= 0.3 is 0 Å². The molecule has 1 aliphatic heterocycles. The molecule has 7 rings (SSSR count). The number of hydrogen-bond acceptors (Lipinski definition) is 13. The fraction of sp³-hybridized carbons (Fsp3) is 0.412. The van der Waals surface area contributed by atoms with E-state index in [0.29, 0.717) is 60.1 Å². The minimum absolute atomic E-state index is 0.000309. The van der Waals surface area contributed by atoms with Crippen molar-refractivity contribution in [1.29, 1.82) is 0 Å². The van der Waals surface area contributed by atoms with E-state index in [2.05, 4.69) is 30.1 Å². The smallest absolute Gasteiger partial charge is 0.269 e. The number of unbranched alkanes of at least 4 members (excludes halogenated alkanes) is 2. The molecule has 68 heavy (non-hydrogen) atoms. The number of nitro groups is 1. The molecule has 0 aromatic heterocycles. The normalized spacial score (nSPS) is 22.3. The first kappa shape index (κ1) is 50.3. The zero-order chi connectivity index (χ0) is 48.3. The number of nitrogens with one attached hydrogen (secondary N) is 1. The molecule has 362 valence electrons. The minimum Gasteiger partial charge on any atom is -0.493 e. The number of benzene rings is 4. The van der Waals surface area contributed by atoms with E-state index >= 15 is 0 Å². The van der Waals surface area contributed by atoms with E-state index in [1.54, 1.807) is 30.0 Å². The average molecular weight is 969 g/mol. The van der Waals surface area contributed by atoms with E-state index < -0.39 is 32.7 Å². The Kier molecular flexibility index (Phi) is 17.1. The number of likely N-dealkylation sites (N-methyl/N-ethyl adjacent to an activating group) is 1. The van der Waals surface area contributed by atoms with Crippen LogP contribution in [0.15, 0.2) is 136 Å². The molecular formula is C51H60N4O11S2. The van der Waals surface area contributed by atoms with Gasteiger partial charge in [-0.25, -0.2) is 8.42 Å². The van der Waals surface area contributed by atoms with Crippen LogP contribution in [-0.2, 0) is 31.0 Å². The first-order chi connectivity index (χ1) is 32.9. The SMILES string of the molecule is C=CCO[C@@]12Oc3ccc(OCCSc4ccccc4)cc3[C@H]3[C@H](CCCCO)[C@@H](CCCCO)C=C(C(=NOCc4ccc([N+](=O)[O-])cc4)C[C@@H]1N(C)S(=O)(=O)c1ccc(NC(C)=O)cc1)[C@H]32. The highest BCUT2D eigenvalue weighted by atomic mass is 32.2. The Bertz CT molecular complexity index is 2540. The van der Waals surface area contributed by atoms with Crippen molar-refractivity contribution in [3.8, 4) is 11.5 Å². The third-order valence-corrected chi connectivity index (χ3v) is 15.7. The lowest BCUT2D eigenvalue weighted by Gasteiger charge is -2.59. The van der Waals surface area contributed by atoms with Crippen LogP contribution in [-0.4, -0.2) is 90.5 Å². The molecule has 0 saturated heterocycles. The van der Waals surface area contributed by atoms with Gasteiger partial charge in [-0.15, -0.1) is 18.3 Å². The van der Waals surface area contributed by atoms with Crippen LogP contribution in [0.5, 0.6) is 11.5 Å². The molecule has 6 atom stereocenters. The van der Waals surface area contributed by atoms with Crippen molar-refractivity contribution < 1.29 is 47.4 Å². The summed E-state index contributed by atoms with van der Waals surface area (Å²) in [4.78, 5) is 29.9. The van der Waals surface area contributed by atoms with Gasteiger partial charge in [-0.05, 0) is 115 Å². The van der Waals surface area contributed by atoms with Crippen LogP contribution in [0, 0.1) is 27.9 Å². The van der Waals surface area contributed by atoms with Crippen molar-refractivity contribution >= 4 is 44.8 Å². The van der Waals surface area contributed by atoms with Gasteiger partial charge in [-0.1, -0.05) is 48.3 Å². The van der Waals surface area contributed by atoms with Crippen molar-refractivity contribution in [2.75, 3.05) is 44.5 Å². The maximum absolute atomic E-state index is 14.9. The van der Waals surface area contributed by atoms with Gasteiger partial charge in [0.05, 0.1) is 40.7 Å². The number of oxime groups is 1. The lowest BCUT2D eigenvalue weighted by molar-refractivity contribution is -0.384. The number of fused-ring (bicyclic) bond motifs is 2. The number of carbonyl (C=O) groups excluding carboxylic acids is 1. The van der Waals surface area contributed by atoms with Gasteiger partial charge in [0.15, 0.2) is 0 Å². The summed E-state index contributed by atoms with van der Waals surface area (Å²) < 4.78 is 51.8. The number of nitro benzene ring substituents is 1. The summed E-state index contributed by atoms with van der Waals surface area (Å²) in [5.41, 5.74) is 3.17. The van der Waals surface area contributed by atoms with E-state index in [4.69, 9.17) is 24.2 Å². The van der Waals surface area contributed by atoms with Crippen molar-refractivity contribution in [1.82, 2.24) is 4.31 Å². The number of amides is 1. The monoisotopic (exact) mass is 968 g/mol. The van der Waals surface area contributed by atoms with Gasteiger partial charge in [0.2, 0.25) is 21.7 Å². The summed E-state index contributed by atoms with van der Waals surface area (Å²) in [6, 6.07) is 26.8. The first-order valence-electron chi connectivity index (χ1n) is 23.0. The van der Waals surface area contributed by atoms with Gasteiger partial charge in [-0.3, -0.25) is 14.9 Å². The highest BCUT2D eigenvalue weighted by Crippen LogP contribution is 2.62. The maximum atomic E-state index is 14.9. The molecule has 3 N–H and O–H groups in total. The molecular weight excluding hydrogens is 909 g/mol. The number of carbonyl (C=O) groups is 1. The van der Waals surface area contributed by atoms with Crippen LogP contribution in [0.1, 0.15) is 68.9 Å². The summed E-state index contributed by atoms with van der Waals surface area (Å²) in [6.45, 7) is 5.85. The minimum atomic E-state index is -4.30. The second kappa shape index (κ2) is 23.2. The summed E-state index contributed by atoms with van der Waals surface area (Å²) in [5, 5.41) is 38.8. The van der Waals surface area contributed by atoms with Crippen molar-refractivity contribution in [3.05, 3.63) is 143 Å². The molecule has 1 amide bonds. The van der Waals surface area contributed by atoms with Gasteiger partial charge in [0, 0.05) is 73.6 Å². The van der Waals surface area contributed by atoms with E-state index in [9.17, 15) is 33.5 Å². The molecule has 0 bridgehead atoms. The topological polar surface area (TPSA) is 199 Å². The largest absolute Gasteiger partial charge is 0.493 e. The van der Waals surface area contributed by atoms with Gasteiger partial charge in [0.1, 0.15) is 18.1 Å². The number of ether oxygens (including phenoxy) is 3. The quantitative estimate of drug-likeness (QED) is 0.0198. The summed E-state index contributed by atoms with van der Waals surface area (Å²) in [6.07, 6.45) is 7.94. The molecule has 4 aromatic rings. The molecule has 4 aromatic carbocycles. The predicted molar refractivity (Wildman–Crippen MR) is 261 cm³/mol. The lowest BCUT2D eigenvalue weighted by Crippen LogP contribution is -2.69. The van der Waals surface area contributed by atoms with Crippen molar-refractivity contribution in [3.63, 3.8) is 0 Å². The van der Waals surface area contributed by atoms with Crippen molar-refractivity contribution in [2.45, 2.75) is 86.0 Å². The van der Waals surface area contributed by atoms with E-state index in [0.717, 1.165) is 35.3 Å². The Morgan fingerprint density at radius 1 is 1.01 bits per heavy atom. The molecule has 0 unspecified atom stereocenters. The highest BCUT2D eigenvalue weighted by Gasteiger charge is 2.65.